The molecule has 0 bridgehead atoms. The van der Waals surface area contributed by atoms with Crippen molar-refractivity contribution in [1.29, 1.82) is 0 Å². The molecule has 2 unspecified atom stereocenters. The molecule has 270 valence electrons. The molecule has 0 aliphatic carbocycles. The lowest BCUT2D eigenvalue weighted by atomic mass is 10.0. The molecule has 2 aliphatic heterocycles. The second kappa shape index (κ2) is 16.5. The summed E-state index contributed by atoms with van der Waals surface area (Å²) in [6, 6.07) is 18.8. The van der Waals surface area contributed by atoms with Crippen molar-refractivity contribution >= 4 is 63.3 Å². The van der Waals surface area contributed by atoms with E-state index < -0.39 is 36.8 Å². The summed E-state index contributed by atoms with van der Waals surface area (Å²) in [5.74, 6) is 3.46. The molecule has 4 aromatic rings. The van der Waals surface area contributed by atoms with Crippen LogP contribution in [0.4, 0.5) is 11.4 Å². The summed E-state index contributed by atoms with van der Waals surface area (Å²) in [5, 5.41) is 0. The maximum absolute atomic E-state index is 13.4. The Balaban J connectivity index is 1.02. The molecule has 2 aliphatic rings. The molecule has 6 rings (SSSR count). The minimum Gasteiger partial charge on any atom is -0.428 e. The third-order valence-electron chi connectivity index (χ3n) is 8.34. The van der Waals surface area contributed by atoms with E-state index in [9.17, 15) is 14.4 Å². The van der Waals surface area contributed by atoms with Gasteiger partial charge in [-0.25, -0.2) is 19.7 Å². The van der Waals surface area contributed by atoms with Crippen molar-refractivity contribution in [2.24, 2.45) is 9.98 Å². The monoisotopic (exact) mass is 750 g/mol. The van der Waals surface area contributed by atoms with Gasteiger partial charge in [0.2, 0.25) is 0 Å². The molecule has 12 nitrogen and oxygen atoms in total. The number of esters is 1. The van der Waals surface area contributed by atoms with Gasteiger partial charge in [0, 0.05) is 25.2 Å². The number of aryl methyl sites for hydroxylation is 2. The molecule has 14 heteroatoms. The van der Waals surface area contributed by atoms with Gasteiger partial charge >= 0.3 is 5.97 Å². The maximum atomic E-state index is 13.4. The molecule has 4 heterocycles. The van der Waals surface area contributed by atoms with E-state index in [-0.39, 0.29) is 20.0 Å². The van der Waals surface area contributed by atoms with Gasteiger partial charge in [-0.05, 0) is 37.1 Å². The number of anilines is 2. The van der Waals surface area contributed by atoms with Gasteiger partial charge in [-0.1, -0.05) is 60.4 Å². The first-order valence-electron chi connectivity index (χ1n) is 16.3. The Morgan fingerprint density at radius 1 is 0.774 bits per heavy atom. The van der Waals surface area contributed by atoms with Crippen LogP contribution < -0.4 is 9.80 Å². The number of hydrogen-bond donors (Lipinski definition) is 0. The highest BCUT2D eigenvalue weighted by molar-refractivity contribution is 7.16. The van der Waals surface area contributed by atoms with E-state index in [4.69, 9.17) is 36.8 Å². The molecule has 0 N–H and O–H groups in total. The number of rotatable bonds is 12. The van der Waals surface area contributed by atoms with Crippen LogP contribution >= 0.6 is 22.7 Å². The van der Waals surface area contributed by atoms with E-state index in [1.807, 2.05) is 62.4 Å². The molecular weight excluding hydrogens is 717 g/mol. The zero-order valence-electron chi connectivity index (χ0n) is 29.3. The van der Waals surface area contributed by atoms with Gasteiger partial charge in [-0.3, -0.25) is 9.59 Å². The molecule has 2 atom stereocenters. The number of nitrogens with zero attached hydrogens (tertiary/aromatic N) is 4. The Bertz CT molecular complexity index is 2210. The lowest BCUT2D eigenvalue weighted by molar-refractivity contribution is -0.319. The molecule has 0 fully saturated rings. The fourth-order valence-corrected chi connectivity index (χ4v) is 7.60. The second-order valence-corrected chi connectivity index (χ2v) is 13.9. The summed E-state index contributed by atoms with van der Waals surface area (Å²) in [6.07, 6.45) is 8.58. The first-order chi connectivity index (χ1) is 25.6. The van der Waals surface area contributed by atoms with Gasteiger partial charge in [-0.15, -0.1) is 35.5 Å². The summed E-state index contributed by atoms with van der Waals surface area (Å²) in [6.45, 7) is 3.00. The molecule has 0 spiro atoms. The Morgan fingerprint density at radius 3 is 1.81 bits per heavy atom. The fraction of sp³-hybridized carbons (Fsp3) is 0.256. The van der Waals surface area contributed by atoms with Crippen molar-refractivity contribution in [2.45, 2.75) is 26.3 Å². The third-order valence-corrected chi connectivity index (χ3v) is 10.5. The van der Waals surface area contributed by atoms with E-state index >= 15 is 0 Å². The number of carbonyl (C=O) groups excluding carboxylic acids is 3. The largest absolute Gasteiger partial charge is 0.428 e. The van der Waals surface area contributed by atoms with Crippen LogP contribution in [-0.4, -0.2) is 82.4 Å². The summed E-state index contributed by atoms with van der Waals surface area (Å²) in [5.41, 5.74) is 5.77. The highest BCUT2D eigenvalue weighted by atomic mass is 32.1. The van der Waals surface area contributed by atoms with E-state index in [2.05, 4.69) is 21.8 Å². The van der Waals surface area contributed by atoms with E-state index in [0.717, 1.165) is 27.1 Å². The molecule has 2 amide bonds. The molecule has 53 heavy (non-hydrogen) atoms. The number of thiophene rings is 2. The van der Waals surface area contributed by atoms with Crippen molar-refractivity contribution < 1.29 is 38.4 Å². The summed E-state index contributed by atoms with van der Waals surface area (Å²) in [7, 11) is 3.20. The first kappa shape index (κ1) is 37.3. The standard InChI is InChI=1S/C39H34N4O8S2/c1-7-25-19-29-34(52-25)32(27-15-11-9-13-23(27)3)40-36(38(45)42(29)5)50-31(44)21-48-22-47-17-18-49-51-37-39(46)43(6)30-20-26(8-2)53-35(30)33(41-37)28-16-12-10-14-24(28)4/h1-2,9-16,19-20,36-37H,17-18,21-22H2,3-6H3. The Morgan fingerprint density at radius 2 is 1.28 bits per heavy atom. The Kier molecular flexibility index (Phi) is 11.6. The van der Waals surface area contributed by atoms with Gasteiger partial charge in [0.1, 0.15) is 20.0 Å². The predicted octanol–water partition coefficient (Wildman–Crippen LogP) is 4.85. The van der Waals surface area contributed by atoms with Crippen LogP contribution in [0.25, 0.3) is 0 Å². The number of terminal acetylenes is 2. The first-order valence-corrected chi connectivity index (χ1v) is 17.9. The van der Waals surface area contributed by atoms with Crippen molar-refractivity contribution in [2.75, 3.05) is 50.5 Å². The minimum atomic E-state index is -1.45. The van der Waals surface area contributed by atoms with E-state index in [1.54, 1.807) is 26.2 Å². The van der Waals surface area contributed by atoms with Crippen molar-refractivity contribution in [3.63, 3.8) is 0 Å². The lowest BCUT2D eigenvalue weighted by Crippen LogP contribution is -2.38. The number of likely N-dealkylation sites (N-methyl/N-ethyl adjacent to an activating group) is 2. The van der Waals surface area contributed by atoms with Crippen LogP contribution in [0.3, 0.4) is 0 Å². The van der Waals surface area contributed by atoms with Crippen LogP contribution in [0.15, 0.2) is 70.6 Å². The SMILES string of the molecule is C#Cc1cc2c(s1)C(c1ccccc1C)=NC(OOCCOCOCC(=O)OC1N=C(c3ccccc3C)c3sc(C#C)cc3N(C)C1=O)C(=O)N2C. The minimum absolute atomic E-state index is 0.00291. The number of fused-ring (bicyclic) bond motifs is 2. The molecule has 0 saturated heterocycles. The second-order valence-electron chi connectivity index (χ2n) is 11.8. The van der Waals surface area contributed by atoms with Gasteiger partial charge in [0.05, 0.1) is 48.9 Å². The van der Waals surface area contributed by atoms with E-state index in [0.29, 0.717) is 37.4 Å². The number of aliphatic imine (C=N–C) groups is 2. The van der Waals surface area contributed by atoms with Crippen molar-refractivity contribution in [3.05, 3.63) is 102 Å². The number of amides is 2. The summed E-state index contributed by atoms with van der Waals surface area (Å²) in [4.78, 5) is 65.1. The zero-order chi connectivity index (χ0) is 37.6. The van der Waals surface area contributed by atoms with Crippen LogP contribution in [0, 0.1) is 38.5 Å². The number of ether oxygens (including phenoxy) is 3. The molecular formula is C39H34N4O8S2. The Labute approximate surface area is 314 Å². The quantitative estimate of drug-likeness (QED) is 0.0503. The van der Waals surface area contributed by atoms with E-state index in [1.165, 1.54) is 32.5 Å². The maximum Gasteiger partial charge on any atom is 0.334 e. The summed E-state index contributed by atoms with van der Waals surface area (Å²) < 4.78 is 16.2. The molecule has 0 radical (unpaired) electrons. The average molecular weight is 751 g/mol. The van der Waals surface area contributed by atoms with Gasteiger partial charge < -0.3 is 24.0 Å². The number of carbonyl (C=O) groups is 3. The van der Waals surface area contributed by atoms with Gasteiger partial charge in [0.15, 0.2) is 0 Å². The number of benzene rings is 2. The summed E-state index contributed by atoms with van der Waals surface area (Å²) >= 11 is 2.69. The predicted molar refractivity (Wildman–Crippen MR) is 202 cm³/mol. The fourth-order valence-electron chi connectivity index (χ4n) is 5.58. The smallest absolute Gasteiger partial charge is 0.334 e. The van der Waals surface area contributed by atoms with Crippen molar-refractivity contribution in [1.82, 2.24) is 0 Å². The number of hydrogen-bond acceptors (Lipinski definition) is 12. The highest BCUT2D eigenvalue weighted by Gasteiger charge is 2.35. The third kappa shape index (κ3) is 7.99. The molecule has 0 saturated carbocycles. The van der Waals surface area contributed by atoms with Crippen LogP contribution in [0.1, 0.15) is 41.8 Å². The topological polar surface area (TPSA) is 129 Å². The lowest BCUT2D eigenvalue weighted by Gasteiger charge is -2.19. The molecule has 2 aromatic heterocycles. The Hall–Kier alpha value is -5.45. The van der Waals surface area contributed by atoms with Gasteiger partial charge in [-0.2, -0.15) is 4.89 Å². The molecule has 2 aromatic carbocycles. The van der Waals surface area contributed by atoms with Crippen LogP contribution in [-0.2, 0) is 38.4 Å². The normalized spacial score (nSPS) is 16.8. The van der Waals surface area contributed by atoms with Crippen molar-refractivity contribution in [3.8, 4) is 24.7 Å². The van der Waals surface area contributed by atoms with Crippen LogP contribution in [0.2, 0.25) is 0 Å². The van der Waals surface area contributed by atoms with Gasteiger partial charge in [0.25, 0.3) is 24.3 Å². The zero-order valence-corrected chi connectivity index (χ0v) is 30.9. The van der Waals surface area contributed by atoms with Crippen LogP contribution in [0.5, 0.6) is 0 Å². The average Bonchev–Trinajstić information content (AvgIpc) is 3.76. The highest BCUT2D eigenvalue weighted by Crippen LogP contribution is 2.37.